The molecule has 0 saturated carbocycles. The first-order valence-electron chi connectivity index (χ1n) is 4.11. The number of nitrogens with zero attached hydrogens (tertiary/aromatic N) is 4. The summed E-state index contributed by atoms with van der Waals surface area (Å²) in [5, 5.41) is 20.4. The quantitative estimate of drug-likeness (QED) is 0.544. The second-order valence-corrected chi connectivity index (χ2v) is 4.59. The summed E-state index contributed by atoms with van der Waals surface area (Å²) < 4.78 is 25.9. The number of anilines is 1. The number of carboxylic acid groups (broad SMARTS) is 1. The van der Waals surface area contributed by atoms with E-state index in [9.17, 15) is 13.2 Å². The van der Waals surface area contributed by atoms with Crippen LogP contribution in [0, 0.1) is 0 Å². The van der Waals surface area contributed by atoms with Gasteiger partial charge in [0, 0.05) is 13.6 Å². The third-order valence-corrected chi connectivity index (χ3v) is 3.06. The molecule has 11 heteroatoms. The summed E-state index contributed by atoms with van der Waals surface area (Å²) in [6.45, 7) is -0.150. The van der Waals surface area contributed by atoms with Crippen molar-refractivity contribution in [1.29, 1.82) is 0 Å². The number of H-pyrrole nitrogens is 1. The van der Waals surface area contributed by atoms with Crippen LogP contribution < -0.4 is 4.72 Å². The summed E-state index contributed by atoms with van der Waals surface area (Å²) in [6.07, 6.45) is -0.288. The van der Waals surface area contributed by atoms with Crippen molar-refractivity contribution < 1.29 is 18.3 Å². The number of carboxylic acids is 1. The molecule has 0 radical (unpaired) electrons. The Morgan fingerprint density at radius 3 is 2.81 bits per heavy atom. The lowest BCUT2D eigenvalue weighted by molar-refractivity contribution is -0.137. The maximum Gasteiger partial charge on any atom is 0.304 e. The summed E-state index contributed by atoms with van der Waals surface area (Å²) >= 11 is 0. The van der Waals surface area contributed by atoms with Crippen LogP contribution in [0.5, 0.6) is 0 Å². The van der Waals surface area contributed by atoms with Gasteiger partial charge in [0.1, 0.15) is 0 Å². The maximum atomic E-state index is 11.5. The van der Waals surface area contributed by atoms with Gasteiger partial charge in [-0.2, -0.15) is 17.9 Å². The van der Waals surface area contributed by atoms with Crippen LogP contribution in [0.15, 0.2) is 0 Å². The minimum Gasteiger partial charge on any atom is -0.481 e. The van der Waals surface area contributed by atoms with Crippen molar-refractivity contribution in [2.75, 3.05) is 18.3 Å². The third-order valence-electron chi connectivity index (χ3n) is 1.62. The highest BCUT2D eigenvalue weighted by Gasteiger charge is 2.19. The normalized spacial score (nSPS) is 11.6. The van der Waals surface area contributed by atoms with Crippen LogP contribution in [0.1, 0.15) is 6.42 Å². The zero-order valence-electron chi connectivity index (χ0n) is 8.28. The molecule has 0 fully saturated rings. The van der Waals surface area contributed by atoms with Crippen molar-refractivity contribution >= 4 is 22.1 Å². The number of aromatic amines is 1. The first-order chi connectivity index (χ1) is 7.42. The Hall–Kier alpha value is -1.75. The van der Waals surface area contributed by atoms with Crippen LogP contribution in [-0.4, -0.2) is 58.0 Å². The fourth-order valence-corrected chi connectivity index (χ4v) is 1.58. The molecule has 0 amide bonds. The van der Waals surface area contributed by atoms with Gasteiger partial charge in [-0.3, -0.25) is 4.79 Å². The van der Waals surface area contributed by atoms with Crippen molar-refractivity contribution in [1.82, 2.24) is 24.9 Å². The van der Waals surface area contributed by atoms with Crippen molar-refractivity contribution in [3.63, 3.8) is 0 Å². The Labute approximate surface area is 90.8 Å². The molecular weight excluding hydrogens is 240 g/mol. The average Bonchev–Trinajstić information content (AvgIpc) is 2.65. The number of hydrogen-bond donors (Lipinski definition) is 3. The molecule has 1 aromatic rings. The number of aliphatic carboxylic acids is 1. The number of aromatic nitrogens is 4. The van der Waals surface area contributed by atoms with Crippen molar-refractivity contribution in [3.05, 3.63) is 0 Å². The first kappa shape index (κ1) is 12.3. The predicted octanol–water partition coefficient (Wildman–Crippen LogP) is -1.74. The monoisotopic (exact) mass is 250 g/mol. The van der Waals surface area contributed by atoms with Crippen LogP contribution in [-0.2, 0) is 15.0 Å². The van der Waals surface area contributed by atoms with E-state index in [-0.39, 0.29) is 18.9 Å². The van der Waals surface area contributed by atoms with Crippen molar-refractivity contribution in [2.45, 2.75) is 6.42 Å². The molecule has 0 aliphatic heterocycles. The minimum atomic E-state index is -3.84. The Kier molecular flexibility index (Phi) is 3.73. The molecule has 0 aromatic carbocycles. The van der Waals surface area contributed by atoms with E-state index in [2.05, 4.69) is 20.6 Å². The van der Waals surface area contributed by atoms with Gasteiger partial charge in [-0.05, 0) is 5.21 Å². The van der Waals surface area contributed by atoms with Gasteiger partial charge in [-0.1, -0.05) is 5.10 Å². The Morgan fingerprint density at radius 2 is 2.31 bits per heavy atom. The van der Waals surface area contributed by atoms with Gasteiger partial charge in [0.05, 0.1) is 6.42 Å². The van der Waals surface area contributed by atoms with E-state index in [0.29, 0.717) is 0 Å². The molecule has 1 rings (SSSR count). The molecule has 1 aromatic heterocycles. The topological polar surface area (TPSA) is 141 Å². The second-order valence-electron chi connectivity index (χ2n) is 2.81. The molecule has 0 saturated heterocycles. The third kappa shape index (κ3) is 3.43. The van der Waals surface area contributed by atoms with E-state index >= 15 is 0 Å². The highest BCUT2D eigenvalue weighted by atomic mass is 32.2. The molecule has 0 atom stereocenters. The number of nitrogens with one attached hydrogen (secondary N) is 2. The van der Waals surface area contributed by atoms with Gasteiger partial charge in [-0.15, -0.1) is 5.10 Å². The Bertz CT molecular complexity index is 441. The lowest BCUT2D eigenvalue weighted by Gasteiger charge is -2.15. The average molecular weight is 250 g/mol. The molecule has 1 heterocycles. The second kappa shape index (κ2) is 4.85. The summed E-state index contributed by atoms with van der Waals surface area (Å²) in [5.41, 5.74) is 0. The van der Waals surface area contributed by atoms with E-state index in [0.717, 1.165) is 4.31 Å². The zero-order chi connectivity index (χ0) is 12.2. The van der Waals surface area contributed by atoms with Crippen molar-refractivity contribution in [3.8, 4) is 0 Å². The molecule has 0 bridgehead atoms. The lowest BCUT2D eigenvalue weighted by atomic mass is 10.4. The van der Waals surface area contributed by atoms with E-state index in [1.807, 2.05) is 4.72 Å². The maximum absolute atomic E-state index is 11.5. The lowest BCUT2D eigenvalue weighted by Crippen LogP contribution is -2.34. The summed E-state index contributed by atoms with van der Waals surface area (Å²) in [4.78, 5) is 10.3. The van der Waals surface area contributed by atoms with Crippen LogP contribution in [0.3, 0.4) is 0 Å². The van der Waals surface area contributed by atoms with Gasteiger partial charge >= 0.3 is 16.2 Å². The van der Waals surface area contributed by atoms with E-state index in [1.165, 1.54) is 7.05 Å². The Morgan fingerprint density at radius 1 is 1.62 bits per heavy atom. The predicted molar refractivity (Wildman–Crippen MR) is 51.6 cm³/mol. The van der Waals surface area contributed by atoms with Crippen LogP contribution in [0.4, 0.5) is 5.95 Å². The minimum absolute atomic E-state index is 0.150. The van der Waals surface area contributed by atoms with Crippen LogP contribution in [0.25, 0.3) is 0 Å². The summed E-state index contributed by atoms with van der Waals surface area (Å²) in [7, 11) is -2.60. The molecule has 0 unspecified atom stereocenters. The Balaban J connectivity index is 2.59. The highest BCUT2D eigenvalue weighted by Crippen LogP contribution is 2.02. The molecule has 0 aliphatic rings. The largest absolute Gasteiger partial charge is 0.481 e. The number of rotatable bonds is 6. The van der Waals surface area contributed by atoms with Crippen LogP contribution in [0.2, 0.25) is 0 Å². The summed E-state index contributed by atoms with van der Waals surface area (Å²) in [5.74, 6) is -1.29. The van der Waals surface area contributed by atoms with Gasteiger partial charge in [0.25, 0.3) is 5.95 Å². The molecule has 10 nitrogen and oxygen atoms in total. The molecule has 16 heavy (non-hydrogen) atoms. The number of tetrazole rings is 1. The fourth-order valence-electron chi connectivity index (χ4n) is 0.772. The SMILES string of the molecule is CN(CCC(=O)O)S(=O)(=O)Nc1nn[nH]n1. The van der Waals surface area contributed by atoms with Crippen molar-refractivity contribution in [2.24, 2.45) is 0 Å². The molecule has 3 N–H and O–H groups in total. The smallest absolute Gasteiger partial charge is 0.304 e. The first-order valence-corrected chi connectivity index (χ1v) is 5.55. The zero-order valence-corrected chi connectivity index (χ0v) is 9.10. The standard InChI is InChI=1S/C5H10N6O4S/c1-11(3-2-4(12)13)16(14,15)8-5-6-9-10-7-5/h2-3H2,1H3,(H,12,13)(H2,6,7,8,9,10). The molecule has 0 spiro atoms. The molecular formula is C5H10N6O4S. The highest BCUT2D eigenvalue weighted by molar-refractivity contribution is 7.90. The number of carbonyl (C=O) groups is 1. The molecule has 90 valence electrons. The van der Waals surface area contributed by atoms with E-state index in [1.54, 1.807) is 0 Å². The van der Waals surface area contributed by atoms with E-state index in [4.69, 9.17) is 5.11 Å². The van der Waals surface area contributed by atoms with Gasteiger partial charge in [-0.25, -0.2) is 4.72 Å². The van der Waals surface area contributed by atoms with Gasteiger partial charge in [0.2, 0.25) is 0 Å². The van der Waals surface area contributed by atoms with Gasteiger partial charge < -0.3 is 5.11 Å². The fraction of sp³-hybridized carbons (Fsp3) is 0.600. The number of hydrogen-bond acceptors (Lipinski definition) is 6. The van der Waals surface area contributed by atoms with Crippen LogP contribution >= 0.6 is 0 Å². The van der Waals surface area contributed by atoms with Gasteiger partial charge in [0.15, 0.2) is 0 Å². The van der Waals surface area contributed by atoms with E-state index < -0.39 is 16.2 Å². The molecule has 0 aliphatic carbocycles. The summed E-state index contributed by atoms with van der Waals surface area (Å²) in [6, 6.07) is 0.